The molecule has 0 radical (unpaired) electrons. The molecule has 1 heterocycles. The minimum atomic E-state index is -3.65. The van der Waals surface area contributed by atoms with Gasteiger partial charge in [-0.2, -0.15) is 0 Å². The van der Waals surface area contributed by atoms with E-state index in [4.69, 9.17) is 0 Å². The minimum absolute atomic E-state index is 0.00777. The number of pyridine rings is 1. The van der Waals surface area contributed by atoms with Crippen LogP contribution in [-0.2, 0) is 9.84 Å². The van der Waals surface area contributed by atoms with Gasteiger partial charge in [-0.3, -0.25) is 19.7 Å². The van der Waals surface area contributed by atoms with Gasteiger partial charge in [-0.05, 0) is 78.7 Å². The van der Waals surface area contributed by atoms with Crippen LogP contribution in [0.25, 0.3) is 11.1 Å². The third kappa shape index (κ3) is 6.50. The van der Waals surface area contributed by atoms with Crippen LogP contribution in [0.5, 0.6) is 0 Å². The van der Waals surface area contributed by atoms with E-state index in [0.29, 0.717) is 15.6 Å². The Balaban J connectivity index is 1.62. The lowest BCUT2D eigenvalue weighted by Gasteiger charge is -2.21. The molecule has 4 aromatic rings. The van der Waals surface area contributed by atoms with Gasteiger partial charge in [0.15, 0.2) is 9.84 Å². The lowest BCUT2D eigenvalue weighted by molar-refractivity contribution is -0.384. The van der Waals surface area contributed by atoms with E-state index in [1.165, 1.54) is 24.4 Å². The molecule has 12 heteroatoms. The molecule has 3 aromatic carbocycles. The van der Waals surface area contributed by atoms with E-state index in [9.17, 15) is 28.1 Å². The smallest absolute Gasteiger partial charge is 0.271 e. The Labute approximate surface area is 245 Å². The molecule has 0 fully saturated rings. The number of benzene rings is 3. The maximum atomic E-state index is 13.2. The van der Waals surface area contributed by atoms with Gasteiger partial charge in [0.25, 0.3) is 17.5 Å². The van der Waals surface area contributed by atoms with Crippen LogP contribution >= 0.6 is 15.9 Å². The maximum absolute atomic E-state index is 13.2. The fourth-order valence-electron chi connectivity index (χ4n) is 3.85. The number of nitro benzene ring substituents is 1. The van der Waals surface area contributed by atoms with Gasteiger partial charge >= 0.3 is 0 Å². The topological polar surface area (TPSA) is 148 Å². The van der Waals surface area contributed by atoms with Crippen LogP contribution in [0, 0.1) is 10.1 Å². The highest BCUT2D eigenvalue weighted by Crippen LogP contribution is 2.33. The van der Waals surface area contributed by atoms with Gasteiger partial charge in [-0.15, -0.1) is 0 Å². The average Bonchev–Trinajstić information content (AvgIpc) is 2.93. The molecular weight excluding hydrogens is 612 g/mol. The second-order valence-corrected chi connectivity index (χ2v) is 13.5. The number of rotatable bonds is 7. The number of hydrogen-bond acceptors (Lipinski definition) is 7. The van der Waals surface area contributed by atoms with Crippen molar-refractivity contribution in [2.45, 2.75) is 30.4 Å². The molecule has 210 valence electrons. The molecule has 0 spiro atoms. The standard InChI is InChI=1S/C29H25BrN4O6S/c1-29(2,3)41(39,40)25-7-5-4-6-22(25)18-8-10-19(11-9-18)27(35)32-24-16-21(34(37)38)13-14-23(24)28(36)33-26-15-12-20(30)17-31-26/h4-17H,1-3H3,(H,32,35)(H,31,33,36). The summed E-state index contributed by atoms with van der Waals surface area (Å²) in [4.78, 5) is 41.1. The highest BCUT2D eigenvalue weighted by Gasteiger charge is 2.32. The predicted molar refractivity (Wildman–Crippen MR) is 160 cm³/mol. The van der Waals surface area contributed by atoms with E-state index in [0.717, 1.165) is 12.1 Å². The fourth-order valence-corrected chi connectivity index (χ4v) is 5.47. The van der Waals surface area contributed by atoms with Crippen LogP contribution in [0.15, 0.2) is 94.4 Å². The highest BCUT2D eigenvalue weighted by molar-refractivity contribution is 9.10. The maximum Gasteiger partial charge on any atom is 0.271 e. The molecule has 0 aliphatic carbocycles. The Hall–Kier alpha value is -4.42. The summed E-state index contributed by atoms with van der Waals surface area (Å²) < 4.78 is 26.0. The quantitative estimate of drug-likeness (QED) is 0.174. The third-order valence-electron chi connectivity index (χ3n) is 6.12. The number of non-ortho nitro benzene ring substituents is 1. The molecule has 0 aliphatic heterocycles. The number of anilines is 2. The molecule has 41 heavy (non-hydrogen) atoms. The summed E-state index contributed by atoms with van der Waals surface area (Å²) in [5.41, 5.74) is 0.884. The van der Waals surface area contributed by atoms with Crippen LogP contribution in [-0.4, -0.2) is 34.9 Å². The van der Waals surface area contributed by atoms with Gasteiger partial charge in [0.05, 0.1) is 25.8 Å². The second kappa shape index (κ2) is 11.6. The van der Waals surface area contributed by atoms with Crippen molar-refractivity contribution < 1.29 is 22.9 Å². The molecule has 0 unspecified atom stereocenters. The van der Waals surface area contributed by atoms with Crippen LogP contribution in [0.3, 0.4) is 0 Å². The summed E-state index contributed by atoms with van der Waals surface area (Å²) in [6, 6.07) is 19.6. The molecule has 4 rings (SSSR count). The first-order valence-electron chi connectivity index (χ1n) is 12.2. The summed E-state index contributed by atoms with van der Waals surface area (Å²) in [5, 5.41) is 16.6. The fraction of sp³-hybridized carbons (Fsp3) is 0.138. The van der Waals surface area contributed by atoms with Crippen molar-refractivity contribution in [3.05, 3.63) is 111 Å². The van der Waals surface area contributed by atoms with Crippen molar-refractivity contribution in [1.82, 2.24) is 4.98 Å². The van der Waals surface area contributed by atoms with Crippen molar-refractivity contribution >= 4 is 54.8 Å². The highest BCUT2D eigenvalue weighted by atomic mass is 79.9. The summed E-state index contributed by atoms with van der Waals surface area (Å²) in [6.45, 7) is 4.89. The number of nitrogens with zero attached hydrogens (tertiary/aromatic N) is 2. The summed E-state index contributed by atoms with van der Waals surface area (Å²) in [7, 11) is -3.65. The van der Waals surface area contributed by atoms with Gasteiger partial charge in [-0.25, -0.2) is 13.4 Å². The Bertz CT molecular complexity index is 1750. The first-order chi connectivity index (χ1) is 19.3. The number of nitrogens with one attached hydrogen (secondary N) is 2. The largest absolute Gasteiger partial charge is 0.321 e. The lowest BCUT2D eigenvalue weighted by Crippen LogP contribution is -2.28. The number of carbonyl (C=O) groups excluding carboxylic acids is 2. The zero-order chi connectivity index (χ0) is 29.9. The number of halogens is 1. The molecule has 2 N–H and O–H groups in total. The number of aromatic nitrogens is 1. The minimum Gasteiger partial charge on any atom is -0.321 e. The number of hydrogen-bond donors (Lipinski definition) is 2. The van der Waals surface area contributed by atoms with E-state index < -0.39 is 31.3 Å². The molecule has 1 aromatic heterocycles. The third-order valence-corrected chi connectivity index (χ3v) is 9.13. The summed E-state index contributed by atoms with van der Waals surface area (Å²) in [6.07, 6.45) is 1.49. The summed E-state index contributed by atoms with van der Waals surface area (Å²) >= 11 is 3.26. The zero-order valence-electron chi connectivity index (χ0n) is 22.2. The molecule has 10 nitrogen and oxygen atoms in total. The van der Waals surface area contributed by atoms with E-state index in [1.807, 2.05) is 0 Å². The van der Waals surface area contributed by atoms with E-state index in [1.54, 1.807) is 69.3 Å². The molecule has 0 saturated carbocycles. The van der Waals surface area contributed by atoms with Crippen LogP contribution in [0.1, 0.15) is 41.5 Å². The van der Waals surface area contributed by atoms with Crippen LogP contribution < -0.4 is 10.6 Å². The monoisotopic (exact) mass is 636 g/mol. The van der Waals surface area contributed by atoms with E-state index >= 15 is 0 Å². The Morgan fingerprint density at radius 2 is 1.59 bits per heavy atom. The van der Waals surface area contributed by atoms with Crippen LogP contribution in [0.4, 0.5) is 17.2 Å². The zero-order valence-corrected chi connectivity index (χ0v) is 24.6. The van der Waals surface area contributed by atoms with E-state index in [2.05, 4.69) is 31.5 Å². The van der Waals surface area contributed by atoms with Gasteiger partial charge in [0.2, 0.25) is 0 Å². The van der Waals surface area contributed by atoms with Crippen molar-refractivity contribution in [1.29, 1.82) is 0 Å². The second-order valence-electron chi connectivity index (χ2n) is 9.95. The Kier molecular flexibility index (Phi) is 8.36. The van der Waals surface area contributed by atoms with Gasteiger partial charge in [-0.1, -0.05) is 30.3 Å². The van der Waals surface area contributed by atoms with Crippen LogP contribution in [0.2, 0.25) is 0 Å². The first-order valence-corrected chi connectivity index (χ1v) is 14.5. The van der Waals surface area contributed by atoms with Gasteiger partial charge < -0.3 is 10.6 Å². The number of amides is 2. The van der Waals surface area contributed by atoms with Crippen molar-refractivity contribution in [3.8, 4) is 11.1 Å². The summed E-state index contributed by atoms with van der Waals surface area (Å²) in [5.74, 6) is -1.00. The molecule has 0 bridgehead atoms. The van der Waals surface area contributed by atoms with Gasteiger partial charge in [0.1, 0.15) is 5.82 Å². The van der Waals surface area contributed by atoms with Crippen molar-refractivity contribution in [2.24, 2.45) is 0 Å². The normalized spacial score (nSPS) is 11.5. The Morgan fingerprint density at radius 1 is 0.902 bits per heavy atom. The molecular formula is C29H25BrN4O6S. The molecule has 0 aliphatic rings. The number of carbonyl (C=O) groups is 2. The lowest BCUT2D eigenvalue weighted by atomic mass is 10.0. The number of sulfone groups is 1. The molecule has 0 atom stereocenters. The van der Waals surface area contributed by atoms with Crippen molar-refractivity contribution in [2.75, 3.05) is 10.6 Å². The Morgan fingerprint density at radius 3 is 2.20 bits per heavy atom. The molecule has 2 amide bonds. The SMILES string of the molecule is CC(C)(C)S(=O)(=O)c1ccccc1-c1ccc(C(=O)Nc2cc([N+](=O)[O-])ccc2C(=O)Nc2ccc(Br)cn2)cc1. The average molecular weight is 638 g/mol. The molecule has 0 saturated heterocycles. The van der Waals surface area contributed by atoms with Gasteiger partial charge in [0, 0.05) is 33.9 Å². The van der Waals surface area contributed by atoms with Crippen molar-refractivity contribution in [3.63, 3.8) is 0 Å². The van der Waals surface area contributed by atoms with E-state index in [-0.39, 0.29) is 33.2 Å². The first kappa shape index (κ1) is 29.6. The number of nitro groups is 1. The predicted octanol–water partition coefficient (Wildman–Crippen LogP) is 6.50.